The first-order valence-corrected chi connectivity index (χ1v) is 8.12. The van der Waals surface area contributed by atoms with Crippen LogP contribution in [0.4, 0.5) is 18.9 Å². The molecule has 0 heterocycles. The van der Waals surface area contributed by atoms with E-state index < -0.39 is 41.5 Å². The summed E-state index contributed by atoms with van der Waals surface area (Å²) in [6, 6.07) is 11.4. The zero-order valence-electron chi connectivity index (χ0n) is 14.3. The van der Waals surface area contributed by atoms with Gasteiger partial charge in [0.1, 0.15) is 6.54 Å². The fourth-order valence-corrected chi connectivity index (χ4v) is 2.45. The van der Waals surface area contributed by atoms with Gasteiger partial charge in [-0.25, -0.2) is 13.2 Å². The third-order valence-corrected chi connectivity index (χ3v) is 3.79. The number of aryl methyl sites for hydroxylation is 1. The standard InChI is InChI=1S/C19H19F3N2O2/c1-13(25)24(16-10-9-15(20)18(21)19(16)22)12-17(26)23-11-5-8-14-6-3-2-4-7-14/h2-4,6-7,9-10H,5,8,11-12H2,1H3,(H,23,26). The highest BCUT2D eigenvalue weighted by atomic mass is 19.2. The number of carbonyl (C=O) groups excluding carboxylic acids is 2. The predicted octanol–water partition coefficient (Wildman–Crippen LogP) is 3.21. The van der Waals surface area contributed by atoms with Crippen LogP contribution in [0.5, 0.6) is 0 Å². The number of amides is 2. The fraction of sp³-hybridized carbons (Fsp3) is 0.263. The maximum atomic E-state index is 13.9. The molecule has 7 heteroatoms. The van der Waals surface area contributed by atoms with E-state index in [4.69, 9.17) is 0 Å². The van der Waals surface area contributed by atoms with Gasteiger partial charge in [-0.05, 0) is 30.5 Å². The molecule has 1 N–H and O–H groups in total. The smallest absolute Gasteiger partial charge is 0.240 e. The van der Waals surface area contributed by atoms with E-state index in [0.717, 1.165) is 29.9 Å². The predicted molar refractivity (Wildman–Crippen MR) is 92.1 cm³/mol. The quantitative estimate of drug-likeness (QED) is 0.606. The molecule has 0 saturated heterocycles. The van der Waals surface area contributed by atoms with E-state index in [1.54, 1.807) is 0 Å². The van der Waals surface area contributed by atoms with E-state index in [9.17, 15) is 22.8 Å². The van der Waals surface area contributed by atoms with E-state index in [1.807, 2.05) is 30.3 Å². The minimum absolute atomic E-state index is 0.375. The average molecular weight is 364 g/mol. The van der Waals surface area contributed by atoms with Gasteiger partial charge in [0.2, 0.25) is 11.8 Å². The van der Waals surface area contributed by atoms with E-state index in [-0.39, 0.29) is 0 Å². The zero-order valence-corrected chi connectivity index (χ0v) is 14.3. The largest absolute Gasteiger partial charge is 0.355 e. The average Bonchev–Trinajstić information content (AvgIpc) is 2.63. The molecule has 138 valence electrons. The molecular formula is C19H19F3N2O2. The van der Waals surface area contributed by atoms with E-state index in [2.05, 4.69) is 5.32 Å². The van der Waals surface area contributed by atoms with Crippen molar-refractivity contribution in [3.63, 3.8) is 0 Å². The first kappa shape index (κ1) is 19.5. The number of halogens is 3. The maximum Gasteiger partial charge on any atom is 0.240 e. The summed E-state index contributed by atoms with van der Waals surface area (Å²) in [7, 11) is 0. The monoisotopic (exact) mass is 364 g/mol. The van der Waals surface area contributed by atoms with Crippen molar-refractivity contribution >= 4 is 17.5 Å². The Hall–Kier alpha value is -2.83. The van der Waals surface area contributed by atoms with Crippen molar-refractivity contribution in [1.29, 1.82) is 0 Å². The van der Waals surface area contributed by atoms with Gasteiger partial charge in [-0.1, -0.05) is 30.3 Å². The van der Waals surface area contributed by atoms with Crippen LogP contribution in [0.1, 0.15) is 18.9 Å². The Bertz CT molecular complexity index is 782. The summed E-state index contributed by atoms with van der Waals surface area (Å²) in [5, 5.41) is 2.63. The number of hydrogen-bond acceptors (Lipinski definition) is 2. The van der Waals surface area contributed by atoms with Gasteiger partial charge >= 0.3 is 0 Å². The Morgan fingerprint density at radius 3 is 2.35 bits per heavy atom. The third kappa shape index (κ3) is 5.08. The van der Waals surface area contributed by atoms with Crippen LogP contribution < -0.4 is 10.2 Å². The molecule has 0 radical (unpaired) electrons. The SMILES string of the molecule is CC(=O)N(CC(=O)NCCCc1ccccc1)c1ccc(F)c(F)c1F. The molecule has 0 aromatic heterocycles. The van der Waals surface area contributed by atoms with Gasteiger partial charge in [0.25, 0.3) is 0 Å². The van der Waals surface area contributed by atoms with E-state index >= 15 is 0 Å². The second-order valence-corrected chi connectivity index (χ2v) is 5.74. The number of carbonyl (C=O) groups is 2. The number of benzene rings is 2. The minimum Gasteiger partial charge on any atom is -0.355 e. The summed E-state index contributed by atoms with van der Waals surface area (Å²) in [6.07, 6.45) is 1.46. The molecule has 0 bridgehead atoms. The lowest BCUT2D eigenvalue weighted by atomic mass is 10.1. The lowest BCUT2D eigenvalue weighted by molar-refractivity contribution is -0.123. The molecule has 2 aromatic rings. The van der Waals surface area contributed by atoms with Crippen LogP contribution >= 0.6 is 0 Å². The van der Waals surface area contributed by atoms with Crippen molar-refractivity contribution in [2.75, 3.05) is 18.0 Å². The van der Waals surface area contributed by atoms with Crippen molar-refractivity contribution in [2.45, 2.75) is 19.8 Å². The van der Waals surface area contributed by atoms with Gasteiger partial charge in [0, 0.05) is 13.5 Å². The van der Waals surface area contributed by atoms with Crippen LogP contribution in [0.15, 0.2) is 42.5 Å². The molecule has 0 aliphatic rings. The van der Waals surface area contributed by atoms with Crippen LogP contribution in [0, 0.1) is 17.5 Å². The Kier molecular flexibility index (Phi) is 6.77. The summed E-state index contributed by atoms with van der Waals surface area (Å²) in [5.74, 6) is -5.72. The topological polar surface area (TPSA) is 49.4 Å². The Morgan fingerprint density at radius 1 is 1.00 bits per heavy atom. The number of hydrogen-bond donors (Lipinski definition) is 1. The van der Waals surface area contributed by atoms with Crippen LogP contribution in [0.2, 0.25) is 0 Å². The maximum absolute atomic E-state index is 13.9. The Labute approximate surface area is 149 Å². The van der Waals surface area contributed by atoms with Crippen molar-refractivity contribution in [1.82, 2.24) is 5.32 Å². The molecule has 0 saturated carbocycles. The van der Waals surface area contributed by atoms with Gasteiger partial charge in [0.05, 0.1) is 5.69 Å². The first-order valence-electron chi connectivity index (χ1n) is 8.12. The molecule has 0 fully saturated rings. The molecule has 26 heavy (non-hydrogen) atoms. The minimum atomic E-state index is -1.68. The highest BCUT2D eigenvalue weighted by Gasteiger charge is 2.22. The number of nitrogens with one attached hydrogen (secondary N) is 1. The summed E-state index contributed by atoms with van der Waals surface area (Å²) in [6.45, 7) is 1.01. The van der Waals surface area contributed by atoms with Gasteiger partial charge in [-0.3, -0.25) is 9.59 Å². The van der Waals surface area contributed by atoms with Crippen molar-refractivity contribution in [2.24, 2.45) is 0 Å². The molecular weight excluding hydrogens is 345 g/mol. The molecule has 0 aliphatic heterocycles. The van der Waals surface area contributed by atoms with Gasteiger partial charge in [-0.15, -0.1) is 0 Å². The van der Waals surface area contributed by atoms with Crippen molar-refractivity contribution in [3.8, 4) is 0 Å². The highest BCUT2D eigenvalue weighted by Crippen LogP contribution is 2.23. The second-order valence-electron chi connectivity index (χ2n) is 5.74. The van der Waals surface area contributed by atoms with Gasteiger partial charge in [-0.2, -0.15) is 0 Å². The molecule has 0 atom stereocenters. The Balaban J connectivity index is 1.92. The van der Waals surface area contributed by atoms with Crippen LogP contribution in [0.25, 0.3) is 0 Å². The van der Waals surface area contributed by atoms with Crippen molar-refractivity contribution < 1.29 is 22.8 Å². The first-order chi connectivity index (χ1) is 12.4. The number of rotatable bonds is 7. The molecule has 0 spiro atoms. The molecule has 2 rings (SSSR count). The van der Waals surface area contributed by atoms with Crippen LogP contribution in [0.3, 0.4) is 0 Å². The third-order valence-electron chi connectivity index (χ3n) is 3.79. The summed E-state index contributed by atoms with van der Waals surface area (Å²) < 4.78 is 40.3. The molecule has 2 amide bonds. The fourth-order valence-electron chi connectivity index (χ4n) is 2.45. The summed E-state index contributed by atoms with van der Waals surface area (Å²) in [4.78, 5) is 24.5. The van der Waals surface area contributed by atoms with E-state index in [0.29, 0.717) is 19.0 Å². The molecule has 0 unspecified atom stereocenters. The molecule has 2 aromatic carbocycles. The van der Waals surface area contributed by atoms with Gasteiger partial charge < -0.3 is 10.2 Å². The molecule has 4 nitrogen and oxygen atoms in total. The lowest BCUT2D eigenvalue weighted by Crippen LogP contribution is -2.40. The number of nitrogens with zero attached hydrogens (tertiary/aromatic N) is 1. The summed E-state index contributed by atoms with van der Waals surface area (Å²) in [5.41, 5.74) is 0.659. The lowest BCUT2D eigenvalue weighted by Gasteiger charge is -2.21. The normalized spacial score (nSPS) is 10.5. The Morgan fingerprint density at radius 2 is 1.69 bits per heavy atom. The van der Waals surface area contributed by atoms with Crippen molar-refractivity contribution in [3.05, 3.63) is 65.5 Å². The van der Waals surface area contributed by atoms with Gasteiger partial charge in [0.15, 0.2) is 17.5 Å². The zero-order chi connectivity index (χ0) is 19.1. The van der Waals surface area contributed by atoms with E-state index in [1.165, 1.54) is 0 Å². The summed E-state index contributed by atoms with van der Waals surface area (Å²) >= 11 is 0. The van der Waals surface area contributed by atoms with Crippen LogP contribution in [-0.2, 0) is 16.0 Å². The number of anilines is 1. The van der Waals surface area contributed by atoms with Crippen LogP contribution in [-0.4, -0.2) is 24.9 Å². The second kappa shape index (κ2) is 9.03. The highest BCUT2D eigenvalue weighted by molar-refractivity contribution is 5.97. The molecule has 0 aliphatic carbocycles.